The predicted octanol–water partition coefficient (Wildman–Crippen LogP) is 4.02. The topological polar surface area (TPSA) is 60.5 Å². The van der Waals surface area contributed by atoms with Gasteiger partial charge in [0, 0.05) is 12.0 Å². The molecule has 2 unspecified atom stereocenters. The molecule has 2 atom stereocenters. The van der Waals surface area contributed by atoms with Crippen molar-refractivity contribution in [2.75, 3.05) is 13.2 Å². The lowest BCUT2D eigenvalue weighted by Crippen LogP contribution is -2.30. The summed E-state index contributed by atoms with van der Waals surface area (Å²) in [4.78, 5) is 16.6. The summed E-state index contributed by atoms with van der Waals surface area (Å²) in [6.45, 7) is 2.94. The van der Waals surface area contributed by atoms with Crippen LogP contribution in [0, 0.1) is 0 Å². The highest BCUT2D eigenvalue weighted by Crippen LogP contribution is 2.32. The van der Waals surface area contributed by atoms with Gasteiger partial charge in [-0.3, -0.25) is 0 Å². The van der Waals surface area contributed by atoms with Crippen LogP contribution < -0.4 is 5.32 Å². The average Bonchev–Trinajstić information content (AvgIpc) is 3.27. The van der Waals surface area contributed by atoms with Crippen molar-refractivity contribution in [1.29, 1.82) is 0 Å². The van der Waals surface area contributed by atoms with Crippen LogP contribution in [-0.4, -0.2) is 24.3 Å². The van der Waals surface area contributed by atoms with Crippen LogP contribution in [0.4, 0.5) is 4.79 Å². The summed E-state index contributed by atoms with van der Waals surface area (Å²) in [5, 5.41) is 5.93. The molecule has 0 saturated carbocycles. The molecule has 0 radical (unpaired) electrons. The summed E-state index contributed by atoms with van der Waals surface area (Å²) >= 11 is 1.60. The van der Waals surface area contributed by atoms with Gasteiger partial charge in [-0.05, 0) is 31.7 Å². The molecule has 1 N–H and O–H groups in total. The lowest BCUT2D eigenvalue weighted by Gasteiger charge is -2.17. The fourth-order valence-corrected chi connectivity index (χ4v) is 3.73. The van der Waals surface area contributed by atoms with E-state index in [2.05, 4.69) is 5.32 Å². The van der Waals surface area contributed by atoms with Crippen LogP contribution in [0.3, 0.4) is 0 Å². The standard InChI is InChI=1S/C18H22N2O3S/c1-2-22-18(21)20-14(11-13-7-4-3-5-8-13)15-12-24-17(19-15)16-9-6-10-23-16/h3-5,7-8,12,14,16H,2,6,9-11H2,1H3,(H,20,21). The number of nitrogens with one attached hydrogen (secondary N) is 1. The molecule has 1 aliphatic heterocycles. The second-order valence-corrected chi connectivity index (χ2v) is 6.61. The van der Waals surface area contributed by atoms with E-state index in [4.69, 9.17) is 14.5 Å². The van der Waals surface area contributed by atoms with E-state index in [9.17, 15) is 4.79 Å². The molecule has 3 rings (SSSR count). The van der Waals surface area contributed by atoms with Gasteiger partial charge in [0.15, 0.2) is 0 Å². The average molecular weight is 346 g/mol. The Labute approximate surface area is 146 Å². The zero-order valence-corrected chi connectivity index (χ0v) is 14.6. The molecule has 0 aliphatic carbocycles. The number of hydrogen-bond donors (Lipinski definition) is 1. The van der Waals surface area contributed by atoms with Gasteiger partial charge in [-0.2, -0.15) is 0 Å². The van der Waals surface area contributed by atoms with E-state index in [1.807, 2.05) is 35.7 Å². The molecular weight excluding hydrogens is 324 g/mol. The second kappa shape index (κ2) is 8.26. The minimum Gasteiger partial charge on any atom is -0.450 e. The van der Waals surface area contributed by atoms with Crippen LogP contribution in [0.25, 0.3) is 0 Å². The molecule has 1 aliphatic rings. The molecule has 1 fully saturated rings. The van der Waals surface area contributed by atoms with Gasteiger partial charge in [0.2, 0.25) is 0 Å². The lowest BCUT2D eigenvalue weighted by molar-refractivity contribution is 0.111. The van der Waals surface area contributed by atoms with E-state index < -0.39 is 6.09 Å². The first-order valence-corrected chi connectivity index (χ1v) is 9.18. The molecule has 1 saturated heterocycles. The maximum absolute atomic E-state index is 11.9. The summed E-state index contributed by atoms with van der Waals surface area (Å²) in [6.07, 6.45) is 2.46. The molecule has 5 nitrogen and oxygen atoms in total. The van der Waals surface area contributed by atoms with Gasteiger partial charge in [0.25, 0.3) is 0 Å². The van der Waals surface area contributed by atoms with Crippen LogP contribution in [-0.2, 0) is 15.9 Å². The number of thiazole rings is 1. The Bertz CT molecular complexity index is 653. The number of aromatic nitrogens is 1. The minimum atomic E-state index is -0.412. The van der Waals surface area contributed by atoms with Gasteiger partial charge >= 0.3 is 6.09 Å². The zero-order valence-electron chi connectivity index (χ0n) is 13.7. The van der Waals surface area contributed by atoms with Crippen molar-refractivity contribution in [3.63, 3.8) is 0 Å². The summed E-state index contributed by atoms with van der Waals surface area (Å²) < 4.78 is 10.7. The molecule has 0 bridgehead atoms. The Kier molecular flexibility index (Phi) is 5.82. The van der Waals surface area contributed by atoms with Gasteiger partial charge in [-0.1, -0.05) is 30.3 Å². The number of carbonyl (C=O) groups excluding carboxylic acids is 1. The quantitative estimate of drug-likeness (QED) is 0.858. The Balaban J connectivity index is 1.76. The van der Waals surface area contributed by atoms with Gasteiger partial charge < -0.3 is 14.8 Å². The van der Waals surface area contributed by atoms with Gasteiger partial charge in [-0.25, -0.2) is 9.78 Å². The first-order valence-electron chi connectivity index (χ1n) is 8.30. The molecule has 1 amide bonds. The Morgan fingerprint density at radius 2 is 2.29 bits per heavy atom. The highest BCUT2D eigenvalue weighted by Gasteiger charge is 2.24. The molecule has 128 valence electrons. The summed E-state index contributed by atoms with van der Waals surface area (Å²) in [7, 11) is 0. The molecule has 1 aromatic heterocycles. The van der Waals surface area contributed by atoms with E-state index >= 15 is 0 Å². The van der Waals surface area contributed by atoms with Gasteiger partial charge in [0.1, 0.15) is 11.1 Å². The van der Waals surface area contributed by atoms with Crippen LogP contribution in [0.15, 0.2) is 35.7 Å². The Morgan fingerprint density at radius 1 is 1.46 bits per heavy atom. The summed E-state index contributed by atoms with van der Waals surface area (Å²) in [5.41, 5.74) is 2.01. The van der Waals surface area contributed by atoms with Gasteiger partial charge in [-0.15, -0.1) is 11.3 Å². The van der Waals surface area contributed by atoms with Crippen LogP contribution in [0.2, 0.25) is 0 Å². The van der Waals surface area contributed by atoms with Crippen molar-refractivity contribution in [1.82, 2.24) is 10.3 Å². The van der Waals surface area contributed by atoms with E-state index in [0.717, 1.165) is 35.7 Å². The van der Waals surface area contributed by atoms with E-state index in [-0.39, 0.29) is 12.1 Å². The number of amides is 1. The monoisotopic (exact) mass is 346 g/mol. The van der Waals surface area contributed by atoms with Crippen molar-refractivity contribution in [2.24, 2.45) is 0 Å². The van der Waals surface area contributed by atoms with Crippen molar-refractivity contribution in [3.05, 3.63) is 52.0 Å². The van der Waals surface area contributed by atoms with E-state index in [1.165, 1.54) is 0 Å². The summed E-state index contributed by atoms with van der Waals surface area (Å²) in [6, 6.07) is 9.86. The normalized spacial score (nSPS) is 18.3. The SMILES string of the molecule is CCOC(=O)NC(Cc1ccccc1)c1csc(C2CCCO2)n1. The fourth-order valence-electron chi connectivity index (χ4n) is 2.78. The number of alkyl carbamates (subject to hydrolysis) is 1. The maximum Gasteiger partial charge on any atom is 0.407 e. The number of nitrogens with zero attached hydrogens (tertiary/aromatic N) is 1. The Morgan fingerprint density at radius 3 is 3.00 bits per heavy atom. The van der Waals surface area contributed by atoms with Crippen LogP contribution >= 0.6 is 11.3 Å². The Hall–Kier alpha value is -1.92. The van der Waals surface area contributed by atoms with Gasteiger partial charge in [0.05, 0.1) is 18.3 Å². The highest BCUT2D eigenvalue weighted by atomic mass is 32.1. The fraction of sp³-hybridized carbons (Fsp3) is 0.444. The molecular formula is C18H22N2O3S. The first-order chi connectivity index (χ1) is 11.8. The molecule has 24 heavy (non-hydrogen) atoms. The van der Waals surface area contributed by atoms with E-state index in [1.54, 1.807) is 18.3 Å². The number of hydrogen-bond acceptors (Lipinski definition) is 5. The molecule has 6 heteroatoms. The number of ether oxygens (including phenoxy) is 2. The third-order valence-electron chi connectivity index (χ3n) is 3.95. The molecule has 0 spiro atoms. The molecule has 2 heterocycles. The van der Waals surface area contributed by atoms with Crippen molar-refractivity contribution in [3.8, 4) is 0 Å². The molecule has 1 aromatic carbocycles. The highest BCUT2D eigenvalue weighted by molar-refractivity contribution is 7.09. The largest absolute Gasteiger partial charge is 0.450 e. The predicted molar refractivity (Wildman–Crippen MR) is 93.1 cm³/mol. The minimum absolute atomic E-state index is 0.101. The van der Waals surface area contributed by atoms with Crippen molar-refractivity contribution >= 4 is 17.4 Å². The summed E-state index contributed by atoms with van der Waals surface area (Å²) in [5.74, 6) is 0. The third-order valence-corrected chi connectivity index (χ3v) is 4.91. The first kappa shape index (κ1) is 16.9. The lowest BCUT2D eigenvalue weighted by atomic mass is 10.0. The third kappa shape index (κ3) is 4.33. The van der Waals surface area contributed by atoms with Crippen LogP contribution in [0.1, 0.15) is 48.2 Å². The number of benzene rings is 1. The number of carbonyl (C=O) groups is 1. The maximum atomic E-state index is 11.9. The van der Waals surface area contributed by atoms with E-state index in [0.29, 0.717) is 13.0 Å². The van der Waals surface area contributed by atoms with Crippen molar-refractivity contribution in [2.45, 2.75) is 38.3 Å². The number of rotatable bonds is 6. The second-order valence-electron chi connectivity index (χ2n) is 5.72. The van der Waals surface area contributed by atoms with Crippen molar-refractivity contribution < 1.29 is 14.3 Å². The zero-order chi connectivity index (χ0) is 16.8. The molecule has 2 aromatic rings. The van der Waals surface area contributed by atoms with Crippen LogP contribution in [0.5, 0.6) is 0 Å². The smallest absolute Gasteiger partial charge is 0.407 e.